The van der Waals surface area contributed by atoms with Gasteiger partial charge in [-0.05, 0) is 32.1 Å². The van der Waals surface area contributed by atoms with Crippen molar-refractivity contribution >= 4 is 5.97 Å². The van der Waals surface area contributed by atoms with E-state index < -0.39 is 5.97 Å². The van der Waals surface area contributed by atoms with Crippen molar-refractivity contribution in [3.05, 3.63) is 0 Å². The summed E-state index contributed by atoms with van der Waals surface area (Å²) in [4.78, 5) is 10.7. The second-order valence-electron chi connectivity index (χ2n) is 3.82. The molecule has 0 bridgehead atoms. The van der Waals surface area contributed by atoms with Crippen molar-refractivity contribution < 1.29 is 9.90 Å². The van der Waals surface area contributed by atoms with Crippen LogP contribution in [0.2, 0.25) is 0 Å². The van der Waals surface area contributed by atoms with E-state index in [1.54, 1.807) is 0 Å². The molecular formula is C9H17NO2. The lowest BCUT2D eigenvalue weighted by Crippen LogP contribution is -2.33. The first-order chi connectivity index (χ1) is 5.61. The maximum atomic E-state index is 10.7. The van der Waals surface area contributed by atoms with Gasteiger partial charge in [-0.2, -0.15) is 0 Å². The molecule has 3 heteroatoms. The molecule has 3 N–H and O–H groups in total. The van der Waals surface area contributed by atoms with Crippen molar-refractivity contribution in [3.8, 4) is 0 Å². The van der Waals surface area contributed by atoms with Gasteiger partial charge in [-0.1, -0.05) is 6.42 Å². The highest BCUT2D eigenvalue weighted by atomic mass is 16.4. The molecule has 1 saturated carbocycles. The molecule has 70 valence electrons. The smallest absolute Gasteiger partial charge is 0.306 e. The third-order valence-electron chi connectivity index (χ3n) is 2.81. The zero-order chi connectivity index (χ0) is 9.14. The zero-order valence-corrected chi connectivity index (χ0v) is 7.49. The van der Waals surface area contributed by atoms with Crippen molar-refractivity contribution in [2.24, 2.45) is 17.6 Å². The lowest BCUT2D eigenvalue weighted by molar-refractivity contribution is -0.143. The Kier molecular flexibility index (Phi) is 3.09. The fraction of sp³-hybridized carbons (Fsp3) is 0.889. The van der Waals surface area contributed by atoms with E-state index in [4.69, 9.17) is 10.8 Å². The zero-order valence-electron chi connectivity index (χ0n) is 7.49. The Morgan fingerprint density at radius 2 is 2.25 bits per heavy atom. The second-order valence-corrected chi connectivity index (χ2v) is 3.82. The van der Waals surface area contributed by atoms with Crippen molar-refractivity contribution in [1.82, 2.24) is 0 Å². The van der Waals surface area contributed by atoms with E-state index in [0.717, 1.165) is 25.7 Å². The Labute approximate surface area is 72.9 Å². The molecule has 0 aromatic rings. The quantitative estimate of drug-likeness (QED) is 0.656. The fourth-order valence-electron chi connectivity index (χ4n) is 1.93. The molecule has 1 fully saturated rings. The second kappa shape index (κ2) is 3.90. The first-order valence-electron chi connectivity index (χ1n) is 4.59. The highest BCUT2D eigenvalue weighted by molar-refractivity contribution is 5.70. The van der Waals surface area contributed by atoms with E-state index in [9.17, 15) is 4.79 Å². The predicted molar refractivity (Wildman–Crippen MR) is 46.7 cm³/mol. The van der Waals surface area contributed by atoms with Crippen LogP contribution >= 0.6 is 0 Å². The van der Waals surface area contributed by atoms with E-state index in [1.807, 2.05) is 6.92 Å². The molecule has 3 nitrogen and oxygen atoms in total. The lowest BCUT2D eigenvalue weighted by Gasteiger charge is -2.28. The Morgan fingerprint density at radius 1 is 1.58 bits per heavy atom. The normalized spacial score (nSPS) is 32.8. The van der Waals surface area contributed by atoms with Gasteiger partial charge in [0.1, 0.15) is 0 Å². The van der Waals surface area contributed by atoms with Crippen molar-refractivity contribution in [2.45, 2.75) is 38.6 Å². The molecule has 0 spiro atoms. The van der Waals surface area contributed by atoms with Crippen LogP contribution in [-0.4, -0.2) is 17.1 Å². The molecule has 12 heavy (non-hydrogen) atoms. The van der Waals surface area contributed by atoms with E-state index in [0.29, 0.717) is 5.92 Å². The van der Waals surface area contributed by atoms with Crippen LogP contribution in [0.3, 0.4) is 0 Å². The maximum Gasteiger partial charge on any atom is 0.306 e. The minimum Gasteiger partial charge on any atom is -0.481 e. The lowest BCUT2D eigenvalue weighted by atomic mass is 9.78. The first kappa shape index (κ1) is 9.52. The van der Waals surface area contributed by atoms with Gasteiger partial charge in [0.25, 0.3) is 0 Å². The monoisotopic (exact) mass is 171 g/mol. The number of carbonyl (C=O) groups is 1. The highest BCUT2D eigenvalue weighted by Gasteiger charge is 2.28. The average molecular weight is 171 g/mol. The summed E-state index contributed by atoms with van der Waals surface area (Å²) in [5.41, 5.74) is 5.74. The van der Waals surface area contributed by atoms with Gasteiger partial charge in [-0.15, -0.1) is 0 Å². The van der Waals surface area contributed by atoms with E-state index in [2.05, 4.69) is 0 Å². The summed E-state index contributed by atoms with van der Waals surface area (Å²) in [5.74, 6) is -0.380. The molecule has 0 amide bonds. The van der Waals surface area contributed by atoms with Crippen LogP contribution in [0.15, 0.2) is 0 Å². The van der Waals surface area contributed by atoms with Gasteiger partial charge in [0, 0.05) is 6.04 Å². The third kappa shape index (κ3) is 2.21. The predicted octanol–water partition coefficient (Wildman–Crippen LogP) is 1.22. The summed E-state index contributed by atoms with van der Waals surface area (Å²) in [7, 11) is 0. The van der Waals surface area contributed by atoms with Gasteiger partial charge in [-0.25, -0.2) is 0 Å². The fourth-order valence-corrected chi connectivity index (χ4v) is 1.93. The van der Waals surface area contributed by atoms with Crippen LogP contribution < -0.4 is 5.73 Å². The van der Waals surface area contributed by atoms with Crippen molar-refractivity contribution in [2.75, 3.05) is 0 Å². The van der Waals surface area contributed by atoms with Gasteiger partial charge in [-0.3, -0.25) is 4.79 Å². The Bertz CT molecular complexity index is 168. The van der Waals surface area contributed by atoms with Crippen molar-refractivity contribution in [1.29, 1.82) is 0 Å². The molecule has 0 aromatic heterocycles. The number of hydrogen-bond donors (Lipinski definition) is 2. The molecule has 1 aliphatic rings. The summed E-state index contributed by atoms with van der Waals surface area (Å²) >= 11 is 0. The molecule has 0 saturated heterocycles. The molecule has 0 radical (unpaired) electrons. The number of carboxylic acid groups (broad SMARTS) is 1. The van der Waals surface area contributed by atoms with Crippen LogP contribution in [0.5, 0.6) is 0 Å². The van der Waals surface area contributed by atoms with Gasteiger partial charge in [0.05, 0.1) is 5.92 Å². The molecule has 3 atom stereocenters. The van der Waals surface area contributed by atoms with Crippen molar-refractivity contribution in [3.63, 3.8) is 0 Å². The van der Waals surface area contributed by atoms with Gasteiger partial charge >= 0.3 is 5.97 Å². The SMILES string of the molecule is CC(N)C1CCCC(C(=O)O)C1. The summed E-state index contributed by atoms with van der Waals surface area (Å²) < 4.78 is 0. The molecule has 0 aliphatic heterocycles. The van der Waals surface area contributed by atoms with Crippen LogP contribution in [0.4, 0.5) is 0 Å². The first-order valence-corrected chi connectivity index (χ1v) is 4.59. The standard InChI is InChI=1S/C9H17NO2/c1-6(10)7-3-2-4-8(5-7)9(11)12/h6-8H,2-5,10H2,1H3,(H,11,12). The number of nitrogens with two attached hydrogens (primary N) is 1. The van der Waals surface area contributed by atoms with Gasteiger partial charge in [0.2, 0.25) is 0 Å². The van der Waals surface area contributed by atoms with E-state index >= 15 is 0 Å². The molecule has 3 unspecified atom stereocenters. The minimum absolute atomic E-state index is 0.144. The minimum atomic E-state index is -0.652. The summed E-state index contributed by atoms with van der Waals surface area (Å²) in [6.45, 7) is 1.97. The Balaban J connectivity index is 2.46. The summed E-state index contributed by atoms with van der Waals surface area (Å²) in [6.07, 6.45) is 3.72. The number of carboxylic acids is 1. The summed E-state index contributed by atoms with van der Waals surface area (Å²) in [5, 5.41) is 8.80. The van der Waals surface area contributed by atoms with Crippen LogP contribution in [0, 0.1) is 11.8 Å². The molecular weight excluding hydrogens is 154 g/mol. The van der Waals surface area contributed by atoms with Crippen LogP contribution in [-0.2, 0) is 4.79 Å². The Morgan fingerprint density at radius 3 is 2.75 bits per heavy atom. The maximum absolute atomic E-state index is 10.7. The highest BCUT2D eigenvalue weighted by Crippen LogP contribution is 2.30. The van der Waals surface area contributed by atoms with Crippen LogP contribution in [0.1, 0.15) is 32.6 Å². The molecule has 1 aliphatic carbocycles. The number of rotatable bonds is 2. The third-order valence-corrected chi connectivity index (χ3v) is 2.81. The van der Waals surface area contributed by atoms with Gasteiger partial charge < -0.3 is 10.8 Å². The average Bonchev–Trinajstić information content (AvgIpc) is 2.04. The summed E-state index contributed by atoms with van der Waals surface area (Å²) in [6, 6.07) is 0.146. The van der Waals surface area contributed by atoms with Crippen LogP contribution in [0.25, 0.3) is 0 Å². The van der Waals surface area contributed by atoms with Gasteiger partial charge in [0.15, 0.2) is 0 Å². The number of hydrogen-bond acceptors (Lipinski definition) is 2. The molecule has 0 aromatic carbocycles. The molecule has 1 rings (SSSR count). The molecule has 0 heterocycles. The Hall–Kier alpha value is -0.570. The topological polar surface area (TPSA) is 63.3 Å². The number of aliphatic carboxylic acids is 1. The van der Waals surface area contributed by atoms with E-state index in [-0.39, 0.29) is 12.0 Å². The van der Waals surface area contributed by atoms with E-state index in [1.165, 1.54) is 0 Å². The largest absolute Gasteiger partial charge is 0.481 e.